The maximum atomic E-state index is 12.6. The molecular formula is C27H28N2O6. The summed E-state index contributed by atoms with van der Waals surface area (Å²) in [6.45, 7) is -0.0274. The van der Waals surface area contributed by atoms with Crippen LogP contribution in [0.3, 0.4) is 0 Å². The molecule has 1 fully saturated rings. The van der Waals surface area contributed by atoms with Crippen molar-refractivity contribution in [3.05, 3.63) is 72.1 Å². The first kappa shape index (κ1) is 23.1. The van der Waals surface area contributed by atoms with Crippen molar-refractivity contribution in [2.24, 2.45) is 0 Å². The summed E-state index contributed by atoms with van der Waals surface area (Å²) in [4.78, 5) is 31.6. The molecule has 0 saturated carbocycles. The number of hydrogen-bond donors (Lipinski definition) is 3. The topological polar surface area (TPSA) is 114 Å². The second-order valence-corrected chi connectivity index (χ2v) is 8.80. The van der Waals surface area contributed by atoms with E-state index in [1.165, 1.54) is 0 Å². The van der Waals surface area contributed by atoms with E-state index >= 15 is 0 Å². The van der Waals surface area contributed by atoms with E-state index in [1.54, 1.807) is 0 Å². The number of ether oxygens (including phenoxy) is 3. The standard InChI is InChI=1S/C27H28N2O6/c30-25(11-9-17-14-28-21-7-3-1-5-19(17)21)34-23-13-27(32)33-16-24(23)35-26(31)12-10-18-15-29-22-8-4-2-6-20(18)22/h1-8,14-15,23-24,27-29,32H,9-13,16H2/t23-,24+,27?/m1/s1. The molecule has 3 atom stereocenters. The summed E-state index contributed by atoms with van der Waals surface area (Å²) in [5.41, 5.74) is 4.10. The predicted molar refractivity (Wildman–Crippen MR) is 130 cm³/mol. The van der Waals surface area contributed by atoms with Gasteiger partial charge in [0.1, 0.15) is 6.10 Å². The number of esters is 2. The van der Waals surface area contributed by atoms with Gasteiger partial charge in [-0.1, -0.05) is 36.4 Å². The molecule has 0 radical (unpaired) electrons. The van der Waals surface area contributed by atoms with Crippen LogP contribution < -0.4 is 0 Å². The smallest absolute Gasteiger partial charge is 0.306 e. The molecule has 0 bridgehead atoms. The number of aromatic nitrogens is 2. The zero-order valence-corrected chi connectivity index (χ0v) is 19.2. The Kier molecular flexibility index (Phi) is 6.83. The minimum Gasteiger partial charge on any atom is -0.458 e. The lowest BCUT2D eigenvalue weighted by molar-refractivity contribution is -0.218. The largest absolute Gasteiger partial charge is 0.458 e. The van der Waals surface area contributed by atoms with Gasteiger partial charge >= 0.3 is 11.9 Å². The molecule has 5 rings (SSSR count). The molecular weight excluding hydrogens is 448 g/mol. The lowest BCUT2D eigenvalue weighted by atomic mass is 10.1. The first-order valence-electron chi connectivity index (χ1n) is 11.9. The Morgan fingerprint density at radius 1 is 0.829 bits per heavy atom. The van der Waals surface area contributed by atoms with Crippen molar-refractivity contribution in [1.29, 1.82) is 0 Å². The summed E-state index contributed by atoms with van der Waals surface area (Å²) in [5.74, 6) is -0.811. The number of carbonyl (C=O) groups excluding carboxylic acids is 2. The van der Waals surface area contributed by atoms with Gasteiger partial charge in [-0.15, -0.1) is 0 Å². The Labute approximate surface area is 202 Å². The summed E-state index contributed by atoms with van der Waals surface area (Å²) in [6.07, 6.45) is 2.67. The monoisotopic (exact) mass is 476 g/mol. The van der Waals surface area contributed by atoms with Crippen molar-refractivity contribution < 1.29 is 28.9 Å². The predicted octanol–water partition coefficient (Wildman–Crippen LogP) is 3.78. The third-order valence-corrected chi connectivity index (χ3v) is 6.41. The number of fused-ring (bicyclic) bond motifs is 2. The van der Waals surface area contributed by atoms with Crippen LogP contribution in [0.5, 0.6) is 0 Å². The Bertz CT molecular complexity index is 1330. The molecule has 1 saturated heterocycles. The van der Waals surface area contributed by atoms with E-state index in [0.29, 0.717) is 12.8 Å². The van der Waals surface area contributed by atoms with Crippen LogP contribution in [-0.2, 0) is 36.6 Å². The van der Waals surface area contributed by atoms with Gasteiger partial charge in [0.15, 0.2) is 12.4 Å². The zero-order chi connectivity index (χ0) is 24.2. The SMILES string of the molecule is O=C(CCc1c[nH]c2ccccc12)O[C@H]1COC(O)C[C@H]1OC(=O)CCc1c[nH]c2ccccc12. The summed E-state index contributed by atoms with van der Waals surface area (Å²) in [7, 11) is 0. The van der Waals surface area contributed by atoms with Gasteiger partial charge in [-0.05, 0) is 36.1 Å². The highest BCUT2D eigenvalue weighted by Gasteiger charge is 2.36. The van der Waals surface area contributed by atoms with Crippen LogP contribution in [0.15, 0.2) is 60.9 Å². The van der Waals surface area contributed by atoms with Crippen LogP contribution in [-0.4, -0.2) is 52.1 Å². The highest BCUT2D eigenvalue weighted by atomic mass is 16.6. The number of aromatic amines is 2. The van der Waals surface area contributed by atoms with Gasteiger partial charge in [-0.2, -0.15) is 0 Å². The maximum absolute atomic E-state index is 12.6. The van der Waals surface area contributed by atoms with E-state index in [-0.39, 0.29) is 25.9 Å². The van der Waals surface area contributed by atoms with Crippen LogP contribution in [0.25, 0.3) is 21.8 Å². The average molecular weight is 477 g/mol. The summed E-state index contributed by atoms with van der Waals surface area (Å²) in [5, 5.41) is 12.1. The molecule has 1 aliphatic heterocycles. The summed E-state index contributed by atoms with van der Waals surface area (Å²) >= 11 is 0. The maximum Gasteiger partial charge on any atom is 0.306 e. The number of aliphatic hydroxyl groups excluding tert-OH is 1. The fourth-order valence-electron chi connectivity index (χ4n) is 4.57. The lowest BCUT2D eigenvalue weighted by Crippen LogP contribution is -2.46. The van der Waals surface area contributed by atoms with Gasteiger partial charge in [0.05, 0.1) is 6.61 Å². The molecule has 2 aromatic heterocycles. The number of nitrogens with one attached hydrogen (secondary N) is 2. The van der Waals surface area contributed by atoms with Crippen molar-refractivity contribution in [3.63, 3.8) is 0 Å². The Morgan fingerprint density at radius 2 is 1.34 bits per heavy atom. The fourth-order valence-corrected chi connectivity index (χ4v) is 4.57. The Hall–Kier alpha value is -3.62. The molecule has 0 amide bonds. The van der Waals surface area contributed by atoms with E-state index in [4.69, 9.17) is 14.2 Å². The molecule has 0 aliphatic carbocycles. The molecule has 4 aromatic rings. The van der Waals surface area contributed by atoms with Crippen LogP contribution in [0.2, 0.25) is 0 Å². The number of para-hydroxylation sites is 2. The number of carbonyl (C=O) groups is 2. The molecule has 0 spiro atoms. The van der Waals surface area contributed by atoms with Crippen molar-refractivity contribution in [3.8, 4) is 0 Å². The quantitative estimate of drug-likeness (QED) is 0.334. The molecule has 2 aromatic carbocycles. The van der Waals surface area contributed by atoms with Gasteiger partial charge in [-0.3, -0.25) is 9.59 Å². The molecule has 8 heteroatoms. The van der Waals surface area contributed by atoms with E-state index in [1.807, 2.05) is 60.9 Å². The van der Waals surface area contributed by atoms with Crippen LogP contribution in [0, 0.1) is 0 Å². The molecule has 182 valence electrons. The molecule has 35 heavy (non-hydrogen) atoms. The fraction of sp³-hybridized carbons (Fsp3) is 0.333. The zero-order valence-electron chi connectivity index (χ0n) is 19.2. The molecule has 1 unspecified atom stereocenters. The van der Waals surface area contributed by atoms with Crippen molar-refractivity contribution in [2.45, 2.75) is 50.6 Å². The number of hydrogen-bond acceptors (Lipinski definition) is 6. The van der Waals surface area contributed by atoms with E-state index < -0.39 is 30.4 Å². The minimum atomic E-state index is -1.07. The molecule has 3 N–H and O–H groups in total. The van der Waals surface area contributed by atoms with Crippen molar-refractivity contribution in [2.75, 3.05) is 6.61 Å². The van der Waals surface area contributed by atoms with E-state index in [9.17, 15) is 14.7 Å². The van der Waals surface area contributed by atoms with Gasteiger partial charge in [0.25, 0.3) is 0 Å². The van der Waals surface area contributed by atoms with Crippen LogP contribution >= 0.6 is 0 Å². The first-order chi connectivity index (χ1) is 17.1. The number of aryl methyl sites for hydroxylation is 2. The van der Waals surface area contributed by atoms with E-state index in [0.717, 1.165) is 32.9 Å². The number of benzene rings is 2. The first-order valence-corrected chi connectivity index (χ1v) is 11.9. The normalized spacial score (nSPS) is 20.2. The van der Waals surface area contributed by atoms with Gasteiger partial charge in [0, 0.05) is 53.5 Å². The second-order valence-electron chi connectivity index (χ2n) is 8.80. The lowest BCUT2D eigenvalue weighted by Gasteiger charge is -2.33. The minimum absolute atomic E-state index is 0.0274. The number of H-pyrrole nitrogens is 2. The van der Waals surface area contributed by atoms with E-state index in [2.05, 4.69) is 9.97 Å². The van der Waals surface area contributed by atoms with Crippen LogP contribution in [0.1, 0.15) is 30.4 Å². The number of rotatable bonds is 8. The second kappa shape index (κ2) is 10.3. The number of aliphatic hydroxyl groups is 1. The third-order valence-electron chi connectivity index (χ3n) is 6.41. The average Bonchev–Trinajstić information content (AvgIpc) is 3.47. The van der Waals surface area contributed by atoms with Crippen molar-refractivity contribution >= 4 is 33.7 Å². The third kappa shape index (κ3) is 5.39. The Morgan fingerprint density at radius 3 is 1.91 bits per heavy atom. The molecule has 3 heterocycles. The molecule has 8 nitrogen and oxygen atoms in total. The van der Waals surface area contributed by atoms with Crippen LogP contribution in [0.4, 0.5) is 0 Å². The van der Waals surface area contributed by atoms with Gasteiger partial charge in [0.2, 0.25) is 0 Å². The highest BCUT2D eigenvalue weighted by molar-refractivity contribution is 5.84. The Balaban J connectivity index is 1.15. The highest BCUT2D eigenvalue weighted by Crippen LogP contribution is 2.23. The molecule has 1 aliphatic rings. The van der Waals surface area contributed by atoms with Gasteiger partial charge < -0.3 is 29.3 Å². The summed E-state index contributed by atoms with van der Waals surface area (Å²) < 4.78 is 16.5. The van der Waals surface area contributed by atoms with Crippen molar-refractivity contribution in [1.82, 2.24) is 9.97 Å². The summed E-state index contributed by atoms with van der Waals surface area (Å²) in [6, 6.07) is 15.8. The van der Waals surface area contributed by atoms with Gasteiger partial charge in [-0.25, -0.2) is 0 Å².